The molecule has 0 saturated carbocycles. The van der Waals surface area contributed by atoms with Crippen molar-refractivity contribution in [3.05, 3.63) is 126 Å². The van der Waals surface area contributed by atoms with Crippen molar-refractivity contribution in [2.24, 2.45) is 0 Å². The molecule has 6 aromatic rings. The zero-order chi connectivity index (χ0) is 27.9. The van der Waals surface area contributed by atoms with Crippen molar-refractivity contribution in [3.63, 3.8) is 0 Å². The Balaban J connectivity index is 1.31. The minimum atomic E-state index is -0.119. The first kappa shape index (κ1) is 25.9. The molecular formula is C37H35N3. The van der Waals surface area contributed by atoms with Gasteiger partial charge in [0.15, 0.2) is 0 Å². The van der Waals surface area contributed by atoms with Gasteiger partial charge in [-0.1, -0.05) is 120 Å². The van der Waals surface area contributed by atoms with Gasteiger partial charge in [0.1, 0.15) is 0 Å². The zero-order valence-electron chi connectivity index (χ0n) is 23.9. The summed E-state index contributed by atoms with van der Waals surface area (Å²) in [5.74, 6) is 0. The third kappa shape index (κ3) is 5.00. The molecule has 4 aromatic carbocycles. The minimum absolute atomic E-state index is 0.0611. The molecular weight excluding hydrogens is 486 g/mol. The number of hydrogen-bond donors (Lipinski definition) is 0. The largest absolute Gasteiger partial charge is 0.256 e. The summed E-state index contributed by atoms with van der Waals surface area (Å²) in [4.78, 5) is 14.8. The quantitative estimate of drug-likeness (QED) is 0.227. The summed E-state index contributed by atoms with van der Waals surface area (Å²) < 4.78 is 0. The lowest BCUT2D eigenvalue weighted by molar-refractivity contribution is 0.526. The highest BCUT2D eigenvalue weighted by atomic mass is 14.8. The van der Waals surface area contributed by atoms with Crippen LogP contribution in [0.4, 0.5) is 0 Å². The molecule has 0 radical (unpaired) electrons. The van der Waals surface area contributed by atoms with Gasteiger partial charge in [0.2, 0.25) is 0 Å². The average Bonchev–Trinajstić information content (AvgIpc) is 2.96. The summed E-state index contributed by atoms with van der Waals surface area (Å²) in [6.07, 6.45) is 2.82. The van der Waals surface area contributed by atoms with Gasteiger partial charge < -0.3 is 0 Å². The third-order valence-corrected chi connectivity index (χ3v) is 7.71. The molecule has 0 N–H and O–H groups in total. The van der Waals surface area contributed by atoms with E-state index in [0.717, 1.165) is 39.9 Å². The number of benzene rings is 4. The molecule has 198 valence electrons. The van der Waals surface area contributed by atoms with Crippen LogP contribution in [0.3, 0.4) is 0 Å². The Bertz CT molecular complexity index is 1820. The summed E-state index contributed by atoms with van der Waals surface area (Å²) in [7, 11) is 0. The molecule has 0 spiro atoms. The van der Waals surface area contributed by atoms with E-state index >= 15 is 0 Å². The maximum absolute atomic E-state index is 5.05. The van der Waals surface area contributed by atoms with Crippen molar-refractivity contribution in [1.82, 2.24) is 15.0 Å². The van der Waals surface area contributed by atoms with E-state index in [1.807, 2.05) is 36.5 Å². The van der Waals surface area contributed by atoms with E-state index in [0.29, 0.717) is 0 Å². The highest BCUT2D eigenvalue weighted by Crippen LogP contribution is 2.35. The number of rotatable bonds is 5. The van der Waals surface area contributed by atoms with Crippen molar-refractivity contribution < 1.29 is 0 Å². The van der Waals surface area contributed by atoms with Gasteiger partial charge in [0.25, 0.3) is 0 Å². The molecule has 0 unspecified atom stereocenters. The molecule has 0 aliphatic carbocycles. The van der Waals surface area contributed by atoms with E-state index in [4.69, 9.17) is 15.0 Å². The van der Waals surface area contributed by atoms with E-state index in [1.54, 1.807) is 0 Å². The number of para-hydroxylation sites is 3. The Kier molecular flexibility index (Phi) is 6.46. The Morgan fingerprint density at radius 2 is 1.27 bits per heavy atom. The molecule has 0 amide bonds. The topological polar surface area (TPSA) is 38.7 Å². The SMILES string of the molecule is CC(C)(C)c1nc2ccccc2nc1-c1ccc(-c2cccc(CC(C)(C)c3cccc4cccnc34)c2)cc1. The van der Waals surface area contributed by atoms with Gasteiger partial charge in [-0.15, -0.1) is 0 Å². The van der Waals surface area contributed by atoms with Crippen LogP contribution in [0.25, 0.3) is 44.3 Å². The first-order valence-corrected chi connectivity index (χ1v) is 14.0. The monoisotopic (exact) mass is 521 g/mol. The third-order valence-electron chi connectivity index (χ3n) is 7.71. The molecule has 0 fully saturated rings. The fourth-order valence-corrected chi connectivity index (χ4v) is 5.66. The lowest BCUT2D eigenvalue weighted by atomic mass is 9.78. The molecule has 2 aromatic heterocycles. The summed E-state index contributed by atoms with van der Waals surface area (Å²) >= 11 is 0. The average molecular weight is 522 g/mol. The Morgan fingerprint density at radius 3 is 2.02 bits per heavy atom. The van der Waals surface area contributed by atoms with Crippen LogP contribution >= 0.6 is 0 Å². The predicted molar refractivity (Wildman–Crippen MR) is 168 cm³/mol. The molecule has 0 saturated heterocycles. The highest BCUT2D eigenvalue weighted by Gasteiger charge is 2.25. The van der Waals surface area contributed by atoms with E-state index < -0.39 is 0 Å². The highest BCUT2D eigenvalue weighted by molar-refractivity contribution is 5.83. The summed E-state index contributed by atoms with van der Waals surface area (Å²) in [5, 5.41) is 1.19. The standard InChI is InChI=1S/C37H35N3/c1-36(2,3)35-34(39-31-16-6-7-17-32(31)40-35)28-20-18-26(19-21-28)29-13-8-11-25(23-29)24-37(4,5)30-15-9-12-27-14-10-22-38-33(27)30/h6-23H,24H2,1-5H3. The summed E-state index contributed by atoms with van der Waals surface area (Å²) in [5.41, 5.74) is 10.8. The van der Waals surface area contributed by atoms with E-state index in [-0.39, 0.29) is 10.8 Å². The molecule has 0 aliphatic heterocycles. The normalized spacial score (nSPS) is 12.2. The number of nitrogens with zero attached hydrogens (tertiary/aromatic N) is 3. The Hall–Kier alpha value is -4.37. The maximum atomic E-state index is 5.05. The summed E-state index contributed by atoms with van der Waals surface area (Å²) in [6, 6.07) is 36.5. The van der Waals surface area contributed by atoms with Crippen molar-refractivity contribution in [2.45, 2.75) is 51.9 Å². The van der Waals surface area contributed by atoms with Crippen molar-refractivity contribution >= 4 is 21.9 Å². The first-order chi connectivity index (χ1) is 19.2. The lowest BCUT2D eigenvalue weighted by Gasteiger charge is -2.27. The first-order valence-electron chi connectivity index (χ1n) is 14.0. The van der Waals surface area contributed by atoms with Crippen LogP contribution in [0.2, 0.25) is 0 Å². The predicted octanol–water partition coefficient (Wildman–Crippen LogP) is 9.33. The van der Waals surface area contributed by atoms with Gasteiger partial charge in [0, 0.05) is 22.6 Å². The molecule has 6 rings (SSSR count). The van der Waals surface area contributed by atoms with Gasteiger partial charge in [-0.3, -0.25) is 4.98 Å². The Labute approximate surface area is 237 Å². The second-order valence-corrected chi connectivity index (χ2v) is 12.4. The molecule has 0 atom stereocenters. The molecule has 2 heterocycles. The molecule has 3 nitrogen and oxygen atoms in total. The van der Waals surface area contributed by atoms with Crippen LogP contribution < -0.4 is 0 Å². The van der Waals surface area contributed by atoms with Crippen LogP contribution in [0, 0.1) is 0 Å². The van der Waals surface area contributed by atoms with Crippen molar-refractivity contribution in [3.8, 4) is 22.4 Å². The van der Waals surface area contributed by atoms with Crippen LogP contribution in [0.1, 0.15) is 51.4 Å². The minimum Gasteiger partial charge on any atom is -0.256 e. The zero-order valence-corrected chi connectivity index (χ0v) is 23.9. The fourth-order valence-electron chi connectivity index (χ4n) is 5.66. The number of aromatic nitrogens is 3. The van der Waals surface area contributed by atoms with Crippen LogP contribution in [0.5, 0.6) is 0 Å². The van der Waals surface area contributed by atoms with Gasteiger partial charge in [-0.25, -0.2) is 9.97 Å². The van der Waals surface area contributed by atoms with Gasteiger partial charge in [-0.05, 0) is 52.3 Å². The number of pyridine rings is 1. The molecule has 40 heavy (non-hydrogen) atoms. The van der Waals surface area contributed by atoms with Gasteiger partial charge in [0.05, 0.1) is 27.9 Å². The van der Waals surface area contributed by atoms with Crippen molar-refractivity contribution in [2.75, 3.05) is 0 Å². The van der Waals surface area contributed by atoms with E-state index in [1.165, 1.54) is 27.6 Å². The van der Waals surface area contributed by atoms with Crippen LogP contribution in [-0.2, 0) is 17.3 Å². The summed E-state index contributed by atoms with van der Waals surface area (Å²) in [6.45, 7) is 11.2. The van der Waals surface area contributed by atoms with E-state index in [2.05, 4.69) is 107 Å². The lowest BCUT2D eigenvalue weighted by Crippen LogP contribution is -2.21. The van der Waals surface area contributed by atoms with Gasteiger partial charge in [-0.2, -0.15) is 0 Å². The molecule has 0 aliphatic rings. The number of fused-ring (bicyclic) bond motifs is 2. The van der Waals surface area contributed by atoms with Crippen LogP contribution in [0.15, 0.2) is 109 Å². The van der Waals surface area contributed by atoms with Crippen LogP contribution in [-0.4, -0.2) is 15.0 Å². The maximum Gasteiger partial charge on any atom is 0.0930 e. The smallest absolute Gasteiger partial charge is 0.0930 e. The van der Waals surface area contributed by atoms with E-state index in [9.17, 15) is 0 Å². The fraction of sp³-hybridized carbons (Fsp3) is 0.216. The molecule has 0 bridgehead atoms. The van der Waals surface area contributed by atoms with Gasteiger partial charge >= 0.3 is 0 Å². The second kappa shape index (κ2) is 9.98. The van der Waals surface area contributed by atoms with Crippen molar-refractivity contribution in [1.29, 1.82) is 0 Å². The number of hydrogen-bond acceptors (Lipinski definition) is 3. The second-order valence-electron chi connectivity index (χ2n) is 12.4. The molecule has 3 heteroatoms. The Morgan fingerprint density at radius 1 is 0.600 bits per heavy atom.